The minimum Gasteiger partial charge on any atom is -0.419 e. The second kappa shape index (κ2) is 7.03. The van der Waals surface area contributed by atoms with Gasteiger partial charge in [-0.2, -0.15) is 0 Å². The highest BCUT2D eigenvalue weighted by Gasteiger charge is 2.18. The van der Waals surface area contributed by atoms with Crippen molar-refractivity contribution in [2.45, 2.75) is 6.54 Å². The Morgan fingerprint density at radius 1 is 1.12 bits per heavy atom. The van der Waals surface area contributed by atoms with Gasteiger partial charge in [-0.05, 0) is 30.3 Å². The lowest BCUT2D eigenvalue weighted by Gasteiger charge is -2.15. The molecule has 0 fully saturated rings. The van der Waals surface area contributed by atoms with Gasteiger partial charge in [0.15, 0.2) is 0 Å². The van der Waals surface area contributed by atoms with Gasteiger partial charge in [0.25, 0.3) is 5.91 Å². The first-order chi connectivity index (χ1) is 11.5. The number of benzene rings is 2. The number of nitrogens with zero attached hydrogens (tertiary/aromatic N) is 3. The van der Waals surface area contributed by atoms with E-state index in [0.717, 1.165) is 5.56 Å². The summed E-state index contributed by atoms with van der Waals surface area (Å²) in [5.74, 6) is 0.469. The van der Waals surface area contributed by atoms with Gasteiger partial charge in [0.05, 0.1) is 17.1 Å². The molecule has 0 aliphatic carbocycles. The third-order valence-electron chi connectivity index (χ3n) is 3.37. The van der Waals surface area contributed by atoms with Gasteiger partial charge >= 0.3 is 0 Å². The highest BCUT2D eigenvalue weighted by molar-refractivity contribution is 6.35. The number of amides is 1. The molecule has 24 heavy (non-hydrogen) atoms. The summed E-state index contributed by atoms with van der Waals surface area (Å²) in [6.45, 7) is 0.168. The summed E-state index contributed by atoms with van der Waals surface area (Å²) in [5, 5.41) is 8.76. The van der Waals surface area contributed by atoms with Crippen molar-refractivity contribution < 1.29 is 9.21 Å². The molecule has 0 unspecified atom stereocenters. The third kappa shape index (κ3) is 3.58. The van der Waals surface area contributed by atoms with Crippen molar-refractivity contribution in [3.63, 3.8) is 0 Å². The van der Waals surface area contributed by atoms with Crippen LogP contribution in [-0.2, 0) is 6.54 Å². The molecule has 3 rings (SSSR count). The second-order valence-electron chi connectivity index (χ2n) is 5.15. The maximum absolute atomic E-state index is 12.5. The fourth-order valence-electron chi connectivity index (χ4n) is 2.16. The zero-order chi connectivity index (χ0) is 17.1. The maximum atomic E-state index is 12.5. The average Bonchev–Trinajstić information content (AvgIpc) is 3.05. The lowest BCUT2D eigenvalue weighted by Crippen LogP contribution is -2.26. The van der Waals surface area contributed by atoms with Crippen LogP contribution in [0.3, 0.4) is 0 Å². The summed E-state index contributed by atoms with van der Waals surface area (Å²) in [7, 11) is 1.63. The molecule has 0 radical (unpaired) electrons. The first kappa shape index (κ1) is 16.5. The van der Waals surface area contributed by atoms with Gasteiger partial charge in [0, 0.05) is 17.6 Å². The number of hydrogen-bond acceptors (Lipinski definition) is 4. The van der Waals surface area contributed by atoms with Crippen molar-refractivity contribution in [2.24, 2.45) is 0 Å². The second-order valence-corrected chi connectivity index (χ2v) is 6.00. The van der Waals surface area contributed by atoms with E-state index in [-0.39, 0.29) is 12.5 Å². The van der Waals surface area contributed by atoms with Gasteiger partial charge in [-0.15, -0.1) is 10.2 Å². The fraction of sp³-hybridized carbons (Fsp3) is 0.118. The van der Waals surface area contributed by atoms with Crippen LogP contribution >= 0.6 is 23.2 Å². The quantitative estimate of drug-likeness (QED) is 0.694. The van der Waals surface area contributed by atoms with Crippen molar-refractivity contribution in [3.05, 3.63) is 70.0 Å². The summed E-state index contributed by atoms with van der Waals surface area (Å²) >= 11 is 12.0. The molecule has 0 saturated carbocycles. The Morgan fingerprint density at radius 3 is 2.62 bits per heavy atom. The molecule has 0 bridgehead atoms. The Hall–Kier alpha value is -2.37. The normalized spacial score (nSPS) is 10.6. The number of aromatic nitrogens is 2. The first-order valence-corrected chi connectivity index (χ1v) is 7.88. The standard InChI is InChI=1S/C17H13Cl2N3O2/c1-22(17(23)13-9-12(18)7-8-14(13)19)10-15-20-21-16(24-15)11-5-3-2-4-6-11/h2-9H,10H2,1H3. The average molecular weight is 362 g/mol. The van der Waals surface area contributed by atoms with E-state index in [2.05, 4.69) is 10.2 Å². The van der Waals surface area contributed by atoms with Crippen molar-refractivity contribution >= 4 is 29.1 Å². The van der Waals surface area contributed by atoms with Crippen LogP contribution < -0.4 is 0 Å². The van der Waals surface area contributed by atoms with Crippen LogP contribution in [0.2, 0.25) is 10.0 Å². The monoisotopic (exact) mass is 361 g/mol. The molecule has 0 N–H and O–H groups in total. The van der Waals surface area contributed by atoms with Crippen LogP contribution in [0.4, 0.5) is 0 Å². The lowest BCUT2D eigenvalue weighted by molar-refractivity contribution is 0.0773. The maximum Gasteiger partial charge on any atom is 0.255 e. The zero-order valence-electron chi connectivity index (χ0n) is 12.7. The molecular formula is C17H13Cl2N3O2. The molecule has 1 aromatic heterocycles. The zero-order valence-corrected chi connectivity index (χ0v) is 14.3. The van der Waals surface area contributed by atoms with E-state index < -0.39 is 0 Å². The smallest absolute Gasteiger partial charge is 0.255 e. The largest absolute Gasteiger partial charge is 0.419 e. The summed E-state index contributed by atoms with van der Waals surface area (Å²) in [5.41, 5.74) is 1.15. The molecule has 0 aliphatic rings. The molecule has 1 heterocycles. The van der Waals surface area contributed by atoms with Crippen molar-refractivity contribution in [3.8, 4) is 11.5 Å². The number of halogens is 2. The van der Waals surface area contributed by atoms with Gasteiger partial charge in [0.2, 0.25) is 11.8 Å². The van der Waals surface area contributed by atoms with Crippen LogP contribution in [-0.4, -0.2) is 28.1 Å². The Balaban J connectivity index is 1.75. The molecule has 2 aromatic carbocycles. The predicted molar refractivity (Wildman–Crippen MR) is 92.0 cm³/mol. The topological polar surface area (TPSA) is 59.2 Å². The van der Waals surface area contributed by atoms with Crippen molar-refractivity contribution in [2.75, 3.05) is 7.05 Å². The summed E-state index contributed by atoms with van der Waals surface area (Å²) in [4.78, 5) is 13.9. The van der Waals surface area contributed by atoms with Crippen LogP contribution in [0.15, 0.2) is 52.9 Å². The molecule has 0 aliphatic heterocycles. The van der Waals surface area contributed by atoms with Crippen LogP contribution in [0.5, 0.6) is 0 Å². The molecule has 0 saturated heterocycles. The van der Waals surface area contributed by atoms with E-state index in [0.29, 0.717) is 27.4 Å². The molecule has 3 aromatic rings. The van der Waals surface area contributed by atoms with E-state index >= 15 is 0 Å². The lowest BCUT2D eigenvalue weighted by atomic mass is 10.2. The fourth-order valence-corrected chi connectivity index (χ4v) is 2.53. The Bertz CT molecular complexity index is 865. The Labute approximate surface area is 148 Å². The SMILES string of the molecule is CN(Cc1nnc(-c2ccccc2)o1)C(=O)c1cc(Cl)ccc1Cl. The summed E-state index contributed by atoms with van der Waals surface area (Å²) < 4.78 is 5.61. The van der Waals surface area contributed by atoms with Gasteiger partial charge in [-0.3, -0.25) is 4.79 Å². The van der Waals surface area contributed by atoms with Crippen LogP contribution in [0.1, 0.15) is 16.2 Å². The molecule has 0 spiro atoms. The van der Waals surface area contributed by atoms with Gasteiger partial charge in [-0.25, -0.2) is 0 Å². The first-order valence-electron chi connectivity index (χ1n) is 7.13. The summed E-state index contributed by atoms with van der Waals surface area (Å²) in [6.07, 6.45) is 0. The molecule has 0 atom stereocenters. The minimum atomic E-state index is -0.276. The van der Waals surface area contributed by atoms with Gasteiger partial charge < -0.3 is 9.32 Å². The molecule has 122 valence electrons. The van der Waals surface area contributed by atoms with E-state index in [1.54, 1.807) is 19.2 Å². The Kier molecular flexibility index (Phi) is 4.83. The highest BCUT2D eigenvalue weighted by atomic mass is 35.5. The van der Waals surface area contributed by atoms with Crippen LogP contribution in [0, 0.1) is 0 Å². The number of carbonyl (C=O) groups is 1. The van der Waals surface area contributed by atoms with Crippen molar-refractivity contribution in [1.82, 2.24) is 15.1 Å². The van der Waals surface area contributed by atoms with Gasteiger partial charge in [0.1, 0.15) is 0 Å². The Morgan fingerprint density at radius 2 is 1.88 bits per heavy atom. The number of hydrogen-bond donors (Lipinski definition) is 0. The minimum absolute atomic E-state index is 0.168. The van der Waals surface area contributed by atoms with Crippen LogP contribution in [0.25, 0.3) is 11.5 Å². The van der Waals surface area contributed by atoms with Gasteiger partial charge in [-0.1, -0.05) is 41.4 Å². The molecule has 5 nitrogen and oxygen atoms in total. The number of rotatable bonds is 4. The predicted octanol–water partition coefficient (Wildman–Crippen LogP) is 4.32. The third-order valence-corrected chi connectivity index (χ3v) is 3.93. The van der Waals surface area contributed by atoms with Crippen molar-refractivity contribution in [1.29, 1.82) is 0 Å². The van der Waals surface area contributed by atoms with E-state index in [1.807, 2.05) is 30.3 Å². The van der Waals surface area contributed by atoms with E-state index in [1.165, 1.54) is 11.0 Å². The molecular weight excluding hydrogens is 349 g/mol. The summed E-state index contributed by atoms with van der Waals surface area (Å²) in [6, 6.07) is 14.2. The molecule has 7 heteroatoms. The molecule has 1 amide bonds. The van der Waals surface area contributed by atoms with E-state index in [9.17, 15) is 4.79 Å². The highest BCUT2D eigenvalue weighted by Crippen LogP contribution is 2.23. The number of carbonyl (C=O) groups excluding carboxylic acids is 1. The van der Waals surface area contributed by atoms with E-state index in [4.69, 9.17) is 27.6 Å².